The second kappa shape index (κ2) is 6.12. The summed E-state index contributed by atoms with van der Waals surface area (Å²) in [7, 11) is 0. The van der Waals surface area contributed by atoms with Gasteiger partial charge in [0.05, 0.1) is 22.0 Å². The van der Waals surface area contributed by atoms with E-state index in [9.17, 15) is 5.11 Å². The SMILES string of the molecule is OC(C1=CC=CC2NC(c3n[nH]c4ccsc34)=CC2=C1)c1ccccc1. The zero-order valence-corrected chi connectivity index (χ0v) is 14.7. The van der Waals surface area contributed by atoms with Crippen molar-refractivity contribution < 1.29 is 5.11 Å². The normalized spacial score (nSPS) is 20.0. The van der Waals surface area contributed by atoms with Crippen molar-refractivity contribution in [2.24, 2.45) is 0 Å². The highest BCUT2D eigenvalue weighted by Gasteiger charge is 2.25. The Balaban J connectivity index is 1.51. The Hall–Kier alpha value is -2.89. The van der Waals surface area contributed by atoms with Crippen molar-refractivity contribution in [1.29, 1.82) is 0 Å². The first-order chi connectivity index (χ1) is 12.8. The number of hydrogen-bond acceptors (Lipinski definition) is 4. The number of nitrogens with one attached hydrogen (secondary N) is 2. The van der Waals surface area contributed by atoms with E-state index in [2.05, 4.69) is 39.1 Å². The summed E-state index contributed by atoms with van der Waals surface area (Å²) in [5.41, 5.74) is 5.92. The van der Waals surface area contributed by atoms with Crippen molar-refractivity contribution >= 4 is 27.3 Å². The van der Waals surface area contributed by atoms with Crippen molar-refractivity contribution in [2.75, 3.05) is 0 Å². The maximum absolute atomic E-state index is 10.8. The summed E-state index contributed by atoms with van der Waals surface area (Å²) in [6.07, 6.45) is 9.65. The van der Waals surface area contributed by atoms with Crippen molar-refractivity contribution in [1.82, 2.24) is 15.5 Å². The van der Waals surface area contributed by atoms with Crippen LogP contribution in [-0.4, -0.2) is 21.3 Å². The number of thiophene rings is 1. The quantitative estimate of drug-likeness (QED) is 0.660. The maximum Gasteiger partial charge on any atom is 0.126 e. The van der Waals surface area contributed by atoms with Crippen LogP contribution in [0.4, 0.5) is 0 Å². The maximum atomic E-state index is 10.8. The fraction of sp³-hybridized carbons (Fsp3) is 0.0952. The molecule has 3 N–H and O–H groups in total. The van der Waals surface area contributed by atoms with E-state index in [1.54, 1.807) is 11.3 Å². The number of aliphatic hydroxyl groups is 1. The van der Waals surface area contributed by atoms with Gasteiger partial charge in [-0.2, -0.15) is 5.10 Å². The second-order valence-corrected chi connectivity index (χ2v) is 7.34. The standard InChI is InChI=1S/C21H17N3OS/c25-20(13-5-2-1-3-6-13)14-7-4-8-16-15(11-14)12-18(22-16)19-21-17(23-24-19)9-10-26-21/h1-12,16,20,22,25H,(H,23,24). The Morgan fingerprint density at radius 2 is 2.00 bits per heavy atom. The molecule has 3 aromatic rings. The van der Waals surface area contributed by atoms with Gasteiger partial charge in [-0.15, -0.1) is 11.3 Å². The molecule has 0 spiro atoms. The number of rotatable bonds is 3. The van der Waals surface area contributed by atoms with Crippen LogP contribution in [0.25, 0.3) is 15.9 Å². The lowest BCUT2D eigenvalue weighted by molar-refractivity contribution is 0.219. The molecule has 2 aromatic heterocycles. The summed E-state index contributed by atoms with van der Waals surface area (Å²) in [4.78, 5) is 0. The molecule has 1 aliphatic heterocycles. The Morgan fingerprint density at radius 1 is 1.12 bits per heavy atom. The Bertz CT molecular complexity index is 1080. The molecule has 26 heavy (non-hydrogen) atoms. The van der Waals surface area contributed by atoms with Crippen LogP contribution in [0.3, 0.4) is 0 Å². The number of fused-ring (bicyclic) bond motifs is 2. The van der Waals surface area contributed by atoms with E-state index in [-0.39, 0.29) is 6.04 Å². The number of hydrogen-bond donors (Lipinski definition) is 3. The number of H-pyrrole nitrogens is 1. The minimum absolute atomic E-state index is 0.0911. The summed E-state index contributed by atoms with van der Waals surface area (Å²) in [5.74, 6) is 0. The minimum Gasteiger partial charge on any atom is -0.384 e. The van der Waals surface area contributed by atoms with Gasteiger partial charge in [0.25, 0.3) is 0 Å². The number of nitrogens with zero attached hydrogens (tertiary/aromatic N) is 1. The molecule has 0 bridgehead atoms. The molecular weight excluding hydrogens is 342 g/mol. The summed E-state index contributed by atoms with van der Waals surface area (Å²) < 4.78 is 1.16. The summed E-state index contributed by atoms with van der Waals surface area (Å²) in [6.45, 7) is 0. The molecule has 1 aromatic carbocycles. The van der Waals surface area contributed by atoms with Gasteiger partial charge in [-0.05, 0) is 34.2 Å². The highest BCUT2D eigenvalue weighted by molar-refractivity contribution is 7.17. The predicted octanol–water partition coefficient (Wildman–Crippen LogP) is 4.09. The van der Waals surface area contributed by atoms with Crippen molar-refractivity contribution in [2.45, 2.75) is 12.1 Å². The lowest BCUT2D eigenvalue weighted by Gasteiger charge is -2.13. The third-order valence-corrected chi connectivity index (χ3v) is 5.68. The third-order valence-electron chi connectivity index (χ3n) is 4.76. The van der Waals surface area contributed by atoms with Gasteiger partial charge in [0, 0.05) is 0 Å². The molecular formula is C21H17N3OS. The third kappa shape index (κ3) is 2.53. The van der Waals surface area contributed by atoms with Gasteiger partial charge in [0.15, 0.2) is 0 Å². The molecule has 4 nitrogen and oxygen atoms in total. The lowest BCUT2D eigenvalue weighted by Crippen LogP contribution is -2.21. The zero-order chi connectivity index (χ0) is 17.5. The fourth-order valence-electron chi connectivity index (χ4n) is 3.42. The first-order valence-corrected chi connectivity index (χ1v) is 9.41. The average Bonchev–Trinajstić information content (AvgIpc) is 3.35. The van der Waals surface area contributed by atoms with Crippen LogP contribution < -0.4 is 5.32 Å². The average molecular weight is 359 g/mol. The van der Waals surface area contributed by atoms with E-state index in [1.807, 2.05) is 48.6 Å². The molecule has 0 amide bonds. The molecule has 0 saturated carbocycles. The van der Waals surface area contributed by atoms with E-state index in [0.717, 1.165) is 38.3 Å². The van der Waals surface area contributed by atoms with Crippen LogP contribution in [0.15, 0.2) is 83.3 Å². The van der Waals surface area contributed by atoms with E-state index < -0.39 is 6.10 Å². The Kier molecular flexibility index (Phi) is 3.62. The number of aliphatic hydroxyl groups excluding tert-OH is 1. The Labute approximate surface area is 154 Å². The predicted molar refractivity (Wildman–Crippen MR) is 106 cm³/mol. The monoisotopic (exact) mass is 359 g/mol. The Morgan fingerprint density at radius 3 is 2.88 bits per heavy atom. The van der Waals surface area contributed by atoms with Gasteiger partial charge in [-0.25, -0.2) is 0 Å². The minimum atomic E-state index is -0.640. The van der Waals surface area contributed by atoms with Crippen molar-refractivity contribution in [3.63, 3.8) is 0 Å². The van der Waals surface area contributed by atoms with Crippen molar-refractivity contribution in [3.8, 4) is 0 Å². The summed E-state index contributed by atoms with van der Waals surface area (Å²) >= 11 is 1.68. The van der Waals surface area contributed by atoms with E-state index in [0.29, 0.717) is 0 Å². The molecule has 2 aliphatic rings. The smallest absolute Gasteiger partial charge is 0.126 e. The highest BCUT2D eigenvalue weighted by atomic mass is 32.1. The largest absolute Gasteiger partial charge is 0.384 e. The summed E-state index contributed by atoms with van der Waals surface area (Å²) in [6, 6.07) is 11.9. The van der Waals surface area contributed by atoms with Gasteiger partial charge in [-0.3, -0.25) is 5.10 Å². The molecule has 5 rings (SSSR count). The molecule has 2 unspecified atom stereocenters. The number of allylic oxidation sites excluding steroid dienone is 2. The molecule has 0 fully saturated rings. The van der Waals surface area contributed by atoms with Gasteiger partial charge >= 0.3 is 0 Å². The molecule has 2 atom stereocenters. The zero-order valence-electron chi connectivity index (χ0n) is 13.9. The molecule has 0 radical (unpaired) electrons. The number of aromatic nitrogens is 2. The fourth-order valence-corrected chi connectivity index (χ4v) is 4.27. The molecule has 0 saturated heterocycles. The first-order valence-electron chi connectivity index (χ1n) is 8.53. The van der Waals surface area contributed by atoms with E-state index in [4.69, 9.17) is 0 Å². The highest BCUT2D eigenvalue weighted by Crippen LogP contribution is 2.33. The van der Waals surface area contributed by atoms with Crippen LogP contribution in [0.1, 0.15) is 17.4 Å². The van der Waals surface area contributed by atoms with Crippen LogP contribution in [0.5, 0.6) is 0 Å². The van der Waals surface area contributed by atoms with E-state index >= 15 is 0 Å². The van der Waals surface area contributed by atoms with Gasteiger partial charge in [0.1, 0.15) is 11.8 Å². The van der Waals surface area contributed by atoms with Crippen LogP contribution >= 0.6 is 11.3 Å². The van der Waals surface area contributed by atoms with Crippen molar-refractivity contribution in [3.05, 3.63) is 94.6 Å². The first kappa shape index (κ1) is 15.4. The molecule has 1 aliphatic carbocycles. The number of aromatic amines is 1. The molecule has 128 valence electrons. The van der Waals surface area contributed by atoms with Crippen LogP contribution in [-0.2, 0) is 0 Å². The summed E-state index contributed by atoms with van der Waals surface area (Å²) in [5, 5.41) is 23.9. The van der Waals surface area contributed by atoms with Gasteiger partial charge < -0.3 is 10.4 Å². The topological polar surface area (TPSA) is 60.9 Å². The molecule has 3 heterocycles. The second-order valence-electron chi connectivity index (χ2n) is 6.42. The van der Waals surface area contributed by atoms with E-state index in [1.165, 1.54) is 0 Å². The van der Waals surface area contributed by atoms with Crippen LogP contribution in [0.2, 0.25) is 0 Å². The lowest BCUT2D eigenvalue weighted by atomic mass is 9.99. The van der Waals surface area contributed by atoms with Gasteiger partial charge in [0.2, 0.25) is 0 Å². The number of benzene rings is 1. The van der Waals surface area contributed by atoms with Gasteiger partial charge in [-0.1, -0.05) is 54.6 Å². The molecule has 5 heteroatoms. The van der Waals surface area contributed by atoms with Crippen LogP contribution in [0, 0.1) is 0 Å².